The number of aryl methyl sites for hydroxylation is 2. The van der Waals surface area contributed by atoms with Crippen LogP contribution in [0, 0.1) is 18.8 Å². The second kappa shape index (κ2) is 6.25. The average molecular weight is 316 g/mol. The standard InChI is InChI=1S/C18H28N4O/c1-13-19-17-10-9-15(12-22(17)20-13)18(23)21(11-14-7-8-14)16-5-3-2-4-6-16/h14-16H,2-12H2,1H3. The molecule has 2 heterocycles. The van der Waals surface area contributed by atoms with Crippen LogP contribution in [0.5, 0.6) is 0 Å². The Morgan fingerprint density at radius 2 is 1.96 bits per heavy atom. The normalized spacial score (nSPS) is 25.2. The van der Waals surface area contributed by atoms with Gasteiger partial charge in [-0.25, -0.2) is 9.67 Å². The zero-order valence-electron chi connectivity index (χ0n) is 14.2. The Balaban J connectivity index is 1.48. The summed E-state index contributed by atoms with van der Waals surface area (Å²) in [5, 5.41) is 4.46. The molecule has 0 aromatic carbocycles. The third-order valence-electron chi connectivity index (χ3n) is 5.76. The molecule has 1 unspecified atom stereocenters. The van der Waals surface area contributed by atoms with Crippen LogP contribution in [-0.4, -0.2) is 38.2 Å². The van der Waals surface area contributed by atoms with Gasteiger partial charge in [0.2, 0.25) is 5.91 Å². The smallest absolute Gasteiger partial charge is 0.227 e. The number of carbonyl (C=O) groups excluding carboxylic acids is 1. The van der Waals surface area contributed by atoms with Gasteiger partial charge in [-0.3, -0.25) is 4.79 Å². The van der Waals surface area contributed by atoms with E-state index in [0.717, 1.165) is 43.5 Å². The fourth-order valence-electron chi connectivity index (χ4n) is 4.26. The third kappa shape index (κ3) is 3.29. The number of hydrogen-bond donors (Lipinski definition) is 0. The highest BCUT2D eigenvalue weighted by Crippen LogP contribution is 2.34. The highest BCUT2D eigenvalue weighted by Gasteiger charge is 2.36. The minimum absolute atomic E-state index is 0.101. The molecule has 126 valence electrons. The van der Waals surface area contributed by atoms with Gasteiger partial charge in [0.1, 0.15) is 11.6 Å². The van der Waals surface area contributed by atoms with E-state index in [2.05, 4.69) is 15.0 Å². The van der Waals surface area contributed by atoms with E-state index >= 15 is 0 Å². The quantitative estimate of drug-likeness (QED) is 0.858. The van der Waals surface area contributed by atoms with Crippen LogP contribution in [0.2, 0.25) is 0 Å². The Morgan fingerprint density at radius 3 is 2.70 bits per heavy atom. The molecule has 4 rings (SSSR count). The van der Waals surface area contributed by atoms with Crippen LogP contribution in [0.15, 0.2) is 0 Å². The molecule has 1 aromatic rings. The van der Waals surface area contributed by atoms with Crippen molar-refractivity contribution >= 4 is 5.91 Å². The number of amides is 1. The maximum absolute atomic E-state index is 13.2. The van der Waals surface area contributed by atoms with E-state index in [1.165, 1.54) is 44.9 Å². The fraction of sp³-hybridized carbons (Fsp3) is 0.833. The molecular formula is C18H28N4O. The highest BCUT2D eigenvalue weighted by atomic mass is 16.2. The first-order chi connectivity index (χ1) is 11.2. The SMILES string of the molecule is Cc1nc2n(n1)CC(C(=O)N(CC1CC1)C1CCCCC1)CC2. The number of carbonyl (C=O) groups is 1. The number of rotatable bonds is 4. The number of hydrogen-bond acceptors (Lipinski definition) is 3. The predicted octanol–water partition coefficient (Wildman–Crippen LogP) is 2.72. The lowest BCUT2D eigenvalue weighted by Crippen LogP contribution is -2.47. The Bertz CT molecular complexity index is 572. The highest BCUT2D eigenvalue weighted by molar-refractivity contribution is 5.79. The van der Waals surface area contributed by atoms with E-state index in [-0.39, 0.29) is 5.92 Å². The van der Waals surface area contributed by atoms with Crippen molar-refractivity contribution in [2.75, 3.05) is 6.54 Å². The van der Waals surface area contributed by atoms with Crippen molar-refractivity contribution in [1.29, 1.82) is 0 Å². The van der Waals surface area contributed by atoms with Crippen molar-refractivity contribution in [1.82, 2.24) is 19.7 Å². The fourth-order valence-corrected chi connectivity index (χ4v) is 4.26. The molecule has 3 aliphatic rings. The van der Waals surface area contributed by atoms with Crippen molar-refractivity contribution in [3.8, 4) is 0 Å². The molecule has 0 saturated heterocycles. The predicted molar refractivity (Wildman–Crippen MR) is 87.9 cm³/mol. The number of aromatic nitrogens is 3. The summed E-state index contributed by atoms with van der Waals surface area (Å²) in [6, 6.07) is 0.496. The van der Waals surface area contributed by atoms with Gasteiger partial charge < -0.3 is 4.90 Å². The number of fused-ring (bicyclic) bond motifs is 1. The summed E-state index contributed by atoms with van der Waals surface area (Å²) < 4.78 is 1.97. The largest absolute Gasteiger partial charge is 0.339 e. The summed E-state index contributed by atoms with van der Waals surface area (Å²) in [7, 11) is 0. The minimum Gasteiger partial charge on any atom is -0.339 e. The van der Waals surface area contributed by atoms with E-state index in [4.69, 9.17) is 0 Å². The molecule has 1 atom stereocenters. The first kappa shape index (κ1) is 15.2. The second-order valence-electron chi connectivity index (χ2n) is 7.72. The summed E-state index contributed by atoms with van der Waals surface area (Å²) in [5.74, 6) is 3.15. The lowest BCUT2D eigenvalue weighted by molar-refractivity contribution is -0.140. The lowest BCUT2D eigenvalue weighted by atomic mass is 9.91. The Kier molecular flexibility index (Phi) is 4.12. The molecular weight excluding hydrogens is 288 g/mol. The van der Waals surface area contributed by atoms with Crippen LogP contribution in [0.25, 0.3) is 0 Å². The lowest BCUT2D eigenvalue weighted by Gasteiger charge is -2.37. The zero-order chi connectivity index (χ0) is 15.8. The zero-order valence-corrected chi connectivity index (χ0v) is 14.2. The summed E-state index contributed by atoms with van der Waals surface area (Å²) in [6.45, 7) is 3.66. The molecule has 5 nitrogen and oxygen atoms in total. The monoisotopic (exact) mass is 316 g/mol. The summed E-state index contributed by atoms with van der Waals surface area (Å²) in [6.07, 6.45) is 10.8. The second-order valence-corrected chi connectivity index (χ2v) is 7.72. The number of nitrogens with zero attached hydrogens (tertiary/aromatic N) is 4. The van der Waals surface area contributed by atoms with E-state index in [1.54, 1.807) is 0 Å². The van der Waals surface area contributed by atoms with E-state index < -0.39 is 0 Å². The molecule has 1 aromatic heterocycles. The molecule has 0 N–H and O–H groups in total. The van der Waals surface area contributed by atoms with Crippen LogP contribution in [0.4, 0.5) is 0 Å². The van der Waals surface area contributed by atoms with Crippen molar-refractivity contribution in [2.24, 2.45) is 11.8 Å². The topological polar surface area (TPSA) is 51.0 Å². The van der Waals surface area contributed by atoms with Gasteiger partial charge in [0.25, 0.3) is 0 Å². The van der Waals surface area contributed by atoms with Crippen LogP contribution >= 0.6 is 0 Å². The molecule has 2 aliphatic carbocycles. The van der Waals surface area contributed by atoms with Crippen molar-refractivity contribution in [3.05, 3.63) is 11.6 Å². The molecule has 5 heteroatoms. The Morgan fingerprint density at radius 1 is 1.17 bits per heavy atom. The summed E-state index contributed by atoms with van der Waals surface area (Å²) in [4.78, 5) is 20.0. The van der Waals surface area contributed by atoms with Crippen LogP contribution in [0.3, 0.4) is 0 Å². The minimum atomic E-state index is 0.101. The Hall–Kier alpha value is -1.39. The van der Waals surface area contributed by atoms with Gasteiger partial charge in [0.15, 0.2) is 0 Å². The van der Waals surface area contributed by atoms with Crippen LogP contribution in [0.1, 0.15) is 63.0 Å². The van der Waals surface area contributed by atoms with E-state index in [9.17, 15) is 4.79 Å². The third-order valence-corrected chi connectivity index (χ3v) is 5.76. The maximum atomic E-state index is 13.2. The van der Waals surface area contributed by atoms with Gasteiger partial charge in [0, 0.05) is 19.0 Å². The molecule has 2 fully saturated rings. The molecule has 1 amide bonds. The van der Waals surface area contributed by atoms with Gasteiger partial charge in [-0.15, -0.1) is 0 Å². The van der Waals surface area contributed by atoms with Gasteiger partial charge in [-0.2, -0.15) is 5.10 Å². The molecule has 23 heavy (non-hydrogen) atoms. The first-order valence-electron chi connectivity index (χ1n) is 9.41. The van der Waals surface area contributed by atoms with Gasteiger partial charge >= 0.3 is 0 Å². The van der Waals surface area contributed by atoms with E-state index in [0.29, 0.717) is 11.9 Å². The summed E-state index contributed by atoms with van der Waals surface area (Å²) >= 11 is 0. The van der Waals surface area contributed by atoms with E-state index in [1.807, 2.05) is 11.6 Å². The van der Waals surface area contributed by atoms with Crippen molar-refractivity contribution < 1.29 is 4.79 Å². The van der Waals surface area contributed by atoms with Crippen LogP contribution < -0.4 is 0 Å². The Labute approximate surface area is 138 Å². The molecule has 0 radical (unpaired) electrons. The van der Waals surface area contributed by atoms with Gasteiger partial charge in [0.05, 0.1) is 12.5 Å². The molecule has 0 bridgehead atoms. The molecule has 2 saturated carbocycles. The molecule has 0 spiro atoms. The van der Waals surface area contributed by atoms with Gasteiger partial charge in [-0.05, 0) is 44.9 Å². The maximum Gasteiger partial charge on any atom is 0.227 e. The van der Waals surface area contributed by atoms with Crippen molar-refractivity contribution in [3.63, 3.8) is 0 Å². The first-order valence-corrected chi connectivity index (χ1v) is 9.41. The van der Waals surface area contributed by atoms with Crippen molar-refractivity contribution in [2.45, 2.75) is 77.3 Å². The van der Waals surface area contributed by atoms with Crippen LogP contribution in [-0.2, 0) is 17.8 Å². The van der Waals surface area contributed by atoms with Gasteiger partial charge in [-0.1, -0.05) is 19.3 Å². The molecule has 1 aliphatic heterocycles. The summed E-state index contributed by atoms with van der Waals surface area (Å²) in [5.41, 5.74) is 0. The average Bonchev–Trinajstić information content (AvgIpc) is 3.31.